The van der Waals surface area contributed by atoms with Crippen LogP contribution < -0.4 is 15.8 Å². The van der Waals surface area contributed by atoms with E-state index in [-0.39, 0.29) is 5.91 Å². The van der Waals surface area contributed by atoms with Crippen LogP contribution in [0.3, 0.4) is 0 Å². The average Bonchev–Trinajstić information content (AvgIpc) is 2.33. The number of carbonyl (C=O) groups excluding carboxylic acids is 1. The highest BCUT2D eigenvalue weighted by atomic mass is 16.5. The second-order valence-electron chi connectivity index (χ2n) is 3.42. The first-order valence-electron chi connectivity index (χ1n) is 5.49. The van der Waals surface area contributed by atoms with Gasteiger partial charge in [0.15, 0.2) is 0 Å². The van der Waals surface area contributed by atoms with Crippen LogP contribution in [0.4, 0.5) is 0 Å². The zero-order valence-corrected chi connectivity index (χ0v) is 9.53. The van der Waals surface area contributed by atoms with Gasteiger partial charge in [-0.05, 0) is 24.6 Å². The summed E-state index contributed by atoms with van der Waals surface area (Å²) in [6.07, 6.45) is 0.926. The molecule has 1 aromatic rings. The van der Waals surface area contributed by atoms with Crippen LogP contribution in [-0.2, 0) is 0 Å². The third kappa shape index (κ3) is 3.90. The molecule has 4 nitrogen and oxygen atoms in total. The molecule has 0 aliphatic rings. The molecule has 0 aromatic heterocycles. The van der Waals surface area contributed by atoms with Crippen LogP contribution in [0.5, 0.6) is 5.75 Å². The van der Waals surface area contributed by atoms with Crippen molar-refractivity contribution in [2.45, 2.75) is 13.3 Å². The number of ether oxygens (including phenoxy) is 1. The van der Waals surface area contributed by atoms with Crippen LogP contribution in [0.25, 0.3) is 0 Å². The first-order valence-corrected chi connectivity index (χ1v) is 5.49. The smallest absolute Gasteiger partial charge is 0.251 e. The molecule has 0 unspecified atom stereocenters. The summed E-state index contributed by atoms with van der Waals surface area (Å²) in [4.78, 5) is 11.6. The molecule has 0 aliphatic heterocycles. The van der Waals surface area contributed by atoms with E-state index in [1.807, 2.05) is 13.0 Å². The molecule has 1 rings (SSSR count). The van der Waals surface area contributed by atoms with Gasteiger partial charge in [-0.15, -0.1) is 0 Å². The second-order valence-corrected chi connectivity index (χ2v) is 3.42. The van der Waals surface area contributed by atoms with Crippen molar-refractivity contribution in [2.75, 3.05) is 19.7 Å². The van der Waals surface area contributed by atoms with Crippen LogP contribution in [0, 0.1) is 0 Å². The number of amides is 1. The van der Waals surface area contributed by atoms with Gasteiger partial charge in [0.1, 0.15) is 12.4 Å². The highest BCUT2D eigenvalue weighted by Crippen LogP contribution is 2.12. The summed E-state index contributed by atoms with van der Waals surface area (Å²) < 4.78 is 5.35. The summed E-state index contributed by atoms with van der Waals surface area (Å²) in [6.45, 7) is 3.63. The third-order valence-corrected chi connectivity index (χ3v) is 2.02. The zero-order chi connectivity index (χ0) is 11.8. The zero-order valence-electron chi connectivity index (χ0n) is 9.53. The highest BCUT2D eigenvalue weighted by Gasteiger charge is 2.05. The Morgan fingerprint density at radius 2 is 2.31 bits per heavy atom. The monoisotopic (exact) mass is 222 g/mol. The molecular formula is C12H18N2O2. The fraction of sp³-hybridized carbons (Fsp3) is 0.417. The number of carbonyl (C=O) groups is 1. The van der Waals surface area contributed by atoms with Gasteiger partial charge in [-0.2, -0.15) is 0 Å². The van der Waals surface area contributed by atoms with Crippen LogP contribution in [0.2, 0.25) is 0 Å². The predicted octanol–water partition coefficient (Wildman–Crippen LogP) is 1.16. The lowest BCUT2D eigenvalue weighted by Gasteiger charge is -2.07. The van der Waals surface area contributed by atoms with Crippen molar-refractivity contribution in [1.82, 2.24) is 5.32 Å². The molecule has 3 N–H and O–H groups in total. The van der Waals surface area contributed by atoms with Gasteiger partial charge < -0.3 is 15.8 Å². The molecule has 16 heavy (non-hydrogen) atoms. The van der Waals surface area contributed by atoms with E-state index < -0.39 is 0 Å². The summed E-state index contributed by atoms with van der Waals surface area (Å²) >= 11 is 0. The Balaban J connectivity index is 2.62. The predicted molar refractivity (Wildman–Crippen MR) is 63.6 cm³/mol. The quantitative estimate of drug-likeness (QED) is 0.759. The van der Waals surface area contributed by atoms with Crippen molar-refractivity contribution < 1.29 is 9.53 Å². The van der Waals surface area contributed by atoms with E-state index in [9.17, 15) is 4.79 Å². The molecule has 0 aliphatic carbocycles. The minimum absolute atomic E-state index is 0.0694. The molecule has 4 heteroatoms. The molecule has 0 saturated heterocycles. The van der Waals surface area contributed by atoms with E-state index in [0.717, 1.165) is 6.42 Å². The van der Waals surface area contributed by atoms with E-state index in [4.69, 9.17) is 10.5 Å². The SMILES string of the molecule is CCCNC(=O)c1cccc(OCCN)c1. The third-order valence-electron chi connectivity index (χ3n) is 2.02. The maximum atomic E-state index is 11.6. The fourth-order valence-electron chi connectivity index (χ4n) is 1.24. The number of nitrogens with one attached hydrogen (secondary N) is 1. The van der Waals surface area contributed by atoms with Gasteiger partial charge in [0, 0.05) is 18.7 Å². The number of rotatable bonds is 6. The van der Waals surface area contributed by atoms with Gasteiger partial charge in [-0.25, -0.2) is 0 Å². The van der Waals surface area contributed by atoms with E-state index in [1.165, 1.54) is 0 Å². The lowest BCUT2D eigenvalue weighted by molar-refractivity contribution is 0.0953. The molecule has 0 heterocycles. The van der Waals surface area contributed by atoms with Gasteiger partial charge in [0.25, 0.3) is 5.91 Å². The first kappa shape index (κ1) is 12.5. The Kier molecular flexibility index (Phi) is 5.36. The van der Waals surface area contributed by atoms with Crippen LogP contribution >= 0.6 is 0 Å². The molecule has 88 valence electrons. The van der Waals surface area contributed by atoms with Crippen molar-refractivity contribution in [2.24, 2.45) is 5.73 Å². The van der Waals surface area contributed by atoms with Gasteiger partial charge >= 0.3 is 0 Å². The maximum absolute atomic E-state index is 11.6. The molecule has 0 atom stereocenters. The molecule has 0 bridgehead atoms. The number of benzene rings is 1. The van der Waals surface area contributed by atoms with Gasteiger partial charge in [0.05, 0.1) is 0 Å². The average molecular weight is 222 g/mol. The van der Waals surface area contributed by atoms with Gasteiger partial charge in [-0.1, -0.05) is 13.0 Å². The summed E-state index contributed by atoms with van der Waals surface area (Å²) in [5.74, 6) is 0.606. The van der Waals surface area contributed by atoms with Crippen molar-refractivity contribution in [3.8, 4) is 5.75 Å². The maximum Gasteiger partial charge on any atom is 0.251 e. The Bertz CT molecular complexity index is 340. The van der Waals surface area contributed by atoms with Crippen molar-refractivity contribution in [3.63, 3.8) is 0 Å². The van der Waals surface area contributed by atoms with Crippen LogP contribution in [-0.4, -0.2) is 25.6 Å². The first-order chi connectivity index (χ1) is 7.77. The number of hydrogen-bond acceptors (Lipinski definition) is 3. The molecule has 1 aromatic carbocycles. The van der Waals surface area contributed by atoms with Crippen LogP contribution in [0.15, 0.2) is 24.3 Å². The van der Waals surface area contributed by atoms with E-state index in [2.05, 4.69) is 5.32 Å². The normalized spacial score (nSPS) is 9.88. The lowest BCUT2D eigenvalue weighted by atomic mass is 10.2. The Morgan fingerprint density at radius 3 is 3.00 bits per heavy atom. The molecular weight excluding hydrogens is 204 g/mol. The van der Waals surface area contributed by atoms with Crippen molar-refractivity contribution >= 4 is 5.91 Å². The fourth-order valence-corrected chi connectivity index (χ4v) is 1.24. The van der Waals surface area contributed by atoms with E-state index >= 15 is 0 Å². The summed E-state index contributed by atoms with van der Waals surface area (Å²) in [7, 11) is 0. The molecule has 0 spiro atoms. The van der Waals surface area contributed by atoms with Crippen molar-refractivity contribution in [3.05, 3.63) is 29.8 Å². The van der Waals surface area contributed by atoms with Crippen molar-refractivity contribution in [1.29, 1.82) is 0 Å². The molecule has 0 radical (unpaired) electrons. The standard InChI is InChI=1S/C12H18N2O2/c1-2-7-14-12(15)10-4-3-5-11(9-10)16-8-6-13/h3-5,9H,2,6-8,13H2,1H3,(H,14,15). The van der Waals surface area contributed by atoms with Gasteiger partial charge in [-0.3, -0.25) is 4.79 Å². The topological polar surface area (TPSA) is 64.3 Å². The van der Waals surface area contributed by atoms with E-state index in [1.54, 1.807) is 18.2 Å². The number of hydrogen-bond donors (Lipinski definition) is 2. The van der Waals surface area contributed by atoms with E-state index in [0.29, 0.717) is 31.0 Å². The van der Waals surface area contributed by atoms with Crippen LogP contribution in [0.1, 0.15) is 23.7 Å². The Labute approximate surface area is 95.8 Å². The molecule has 0 fully saturated rings. The van der Waals surface area contributed by atoms with Gasteiger partial charge in [0.2, 0.25) is 0 Å². The molecule has 0 saturated carbocycles. The summed E-state index contributed by atoms with van der Waals surface area (Å²) in [5, 5.41) is 2.81. The minimum atomic E-state index is -0.0694. The lowest BCUT2D eigenvalue weighted by Crippen LogP contribution is -2.23. The summed E-state index contributed by atoms with van der Waals surface area (Å²) in [6, 6.07) is 7.10. The number of nitrogens with two attached hydrogens (primary N) is 1. The highest BCUT2D eigenvalue weighted by molar-refractivity contribution is 5.94. The largest absolute Gasteiger partial charge is 0.492 e. The summed E-state index contributed by atoms with van der Waals surface area (Å²) in [5.41, 5.74) is 5.95. The Hall–Kier alpha value is -1.55. The second kappa shape index (κ2) is 6.85. The Morgan fingerprint density at radius 1 is 1.50 bits per heavy atom. The molecule has 1 amide bonds. The minimum Gasteiger partial charge on any atom is -0.492 e.